The first kappa shape index (κ1) is 14.9. The first-order chi connectivity index (χ1) is 10.2. The smallest absolute Gasteiger partial charge is 0.254 e. The van der Waals surface area contributed by atoms with Crippen LogP contribution in [0.5, 0.6) is 0 Å². The molecule has 1 aromatic rings. The Kier molecular flexibility index (Phi) is 4.57. The average Bonchev–Trinajstić information content (AvgIpc) is 3.15. The van der Waals surface area contributed by atoms with Crippen LogP contribution in [0.25, 0.3) is 0 Å². The zero-order valence-electron chi connectivity index (χ0n) is 12.4. The molecule has 1 unspecified atom stereocenters. The van der Waals surface area contributed by atoms with Crippen LogP contribution >= 0.6 is 11.8 Å². The number of carbonyl (C=O) groups is 1. The molecule has 5 nitrogen and oxygen atoms in total. The highest BCUT2D eigenvalue weighted by Crippen LogP contribution is 2.33. The average molecular weight is 310 g/mol. The minimum atomic E-state index is -0.0363. The van der Waals surface area contributed by atoms with E-state index in [-0.39, 0.29) is 11.4 Å². The molecule has 0 radical (unpaired) electrons. The molecule has 0 saturated carbocycles. The Hall–Kier alpha value is -0.980. The van der Waals surface area contributed by atoms with E-state index in [1.54, 1.807) is 12.3 Å². The van der Waals surface area contributed by atoms with Gasteiger partial charge < -0.3 is 14.5 Å². The molecule has 1 N–H and O–H groups in total. The fourth-order valence-corrected chi connectivity index (χ4v) is 4.57. The highest BCUT2D eigenvalue weighted by Gasteiger charge is 2.40. The van der Waals surface area contributed by atoms with Gasteiger partial charge in [0.25, 0.3) is 5.91 Å². The standard InChI is InChI=1S/C15H22N2O3S/c1-12-13(2-6-20-12)14(18)16-10-15(3-9-21-11-15)17-4-7-19-8-5-17/h2,6H,3-5,7-11H2,1H3,(H,16,18). The number of hydrogen-bond donors (Lipinski definition) is 1. The van der Waals surface area contributed by atoms with Crippen molar-refractivity contribution in [2.45, 2.75) is 18.9 Å². The van der Waals surface area contributed by atoms with E-state index in [4.69, 9.17) is 9.15 Å². The van der Waals surface area contributed by atoms with Crippen LogP contribution in [0.4, 0.5) is 0 Å². The van der Waals surface area contributed by atoms with Crippen molar-refractivity contribution in [2.75, 3.05) is 44.4 Å². The van der Waals surface area contributed by atoms with Crippen LogP contribution in [-0.2, 0) is 4.74 Å². The summed E-state index contributed by atoms with van der Waals surface area (Å²) in [4.78, 5) is 14.8. The fraction of sp³-hybridized carbons (Fsp3) is 0.667. The zero-order chi connectivity index (χ0) is 14.7. The number of carbonyl (C=O) groups excluding carboxylic acids is 1. The van der Waals surface area contributed by atoms with Crippen LogP contribution in [0.1, 0.15) is 22.5 Å². The molecule has 1 aromatic heterocycles. The molecule has 116 valence electrons. The zero-order valence-corrected chi connectivity index (χ0v) is 13.2. The Morgan fingerprint density at radius 1 is 1.48 bits per heavy atom. The molecule has 1 amide bonds. The van der Waals surface area contributed by atoms with Crippen molar-refractivity contribution >= 4 is 17.7 Å². The highest BCUT2D eigenvalue weighted by atomic mass is 32.2. The summed E-state index contributed by atoms with van der Waals surface area (Å²) < 4.78 is 10.7. The summed E-state index contributed by atoms with van der Waals surface area (Å²) in [5.41, 5.74) is 0.722. The number of nitrogens with zero attached hydrogens (tertiary/aromatic N) is 1. The summed E-state index contributed by atoms with van der Waals surface area (Å²) in [5, 5.41) is 3.11. The number of thioether (sulfide) groups is 1. The number of furan rings is 1. The van der Waals surface area contributed by atoms with Crippen molar-refractivity contribution in [3.05, 3.63) is 23.7 Å². The number of ether oxygens (including phenoxy) is 1. The van der Waals surface area contributed by atoms with Crippen LogP contribution in [0.3, 0.4) is 0 Å². The van der Waals surface area contributed by atoms with E-state index in [0.717, 1.165) is 44.2 Å². The molecule has 3 heterocycles. The van der Waals surface area contributed by atoms with Crippen molar-refractivity contribution in [3.63, 3.8) is 0 Å². The van der Waals surface area contributed by atoms with Gasteiger partial charge in [-0.1, -0.05) is 0 Å². The van der Waals surface area contributed by atoms with Gasteiger partial charge in [-0.25, -0.2) is 0 Å². The molecule has 2 saturated heterocycles. The van der Waals surface area contributed by atoms with Crippen LogP contribution in [0.2, 0.25) is 0 Å². The maximum absolute atomic E-state index is 12.3. The molecule has 2 aliphatic rings. The fourth-order valence-electron chi connectivity index (χ4n) is 3.10. The second-order valence-electron chi connectivity index (χ2n) is 5.70. The van der Waals surface area contributed by atoms with Crippen LogP contribution < -0.4 is 5.32 Å². The normalized spacial score (nSPS) is 26.9. The largest absolute Gasteiger partial charge is 0.469 e. The van der Waals surface area contributed by atoms with Crippen molar-refractivity contribution in [3.8, 4) is 0 Å². The van der Waals surface area contributed by atoms with Gasteiger partial charge >= 0.3 is 0 Å². The first-order valence-electron chi connectivity index (χ1n) is 7.44. The number of rotatable bonds is 4. The summed E-state index contributed by atoms with van der Waals surface area (Å²) in [6, 6.07) is 1.73. The Bertz CT molecular complexity index is 491. The molecule has 0 aliphatic carbocycles. The van der Waals surface area contributed by atoms with E-state index >= 15 is 0 Å². The van der Waals surface area contributed by atoms with E-state index in [1.165, 1.54) is 0 Å². The molecule has 21 heavy (non-hydrogen) atoms. The van der Waals surface area contributed by atoms with Crippen molar-refractivity contribution < 1.29 is 13.9 Å². The minimum absolute atomic E-state index is 0.0363. The van der Waals surface area contributed by atoms with Gasteiger partial charge in [0.05, 0.1) is 25.0 Å². The van der Waals surface area contributed by atoms with Gasteiger partial charge in [-0.15, -0.1) is 0 Å². The van der Waals surface area contributed by atoms with Gasteiger partial charge in [-0.05, 0) is 25.2 Å². The molecule has 2 fully saturated rings. The van der Waals surface area contributed by atoms with Gasteiger partial charge in [-0.3, -0.25) is 9.69 Å². The summed E-state index contributed by atoms with van der Waals surface area (Å²) in [7, 11) is 0. The topological polar surface area (TPSA) is 54.7 Å². The Morgan fingerprint density at radius 3 is 2.90 bits per heavy atom. The molecule has 6 heteroatoms. The molecule has 0 bridgehead atoms. The maximum Gasteiger partial charge on any atom is 0.254 e. The Balaban J connectivity index is 1.65. The third kappa shape index (κ3) is 3.12. The summed E-state index contributed by atoms with van der Waals surface area (Å²) >= 11 is 1.97. The number of nitrogens with one attached hydrogen (secondary N) is 1. The van der Waals surface area contributed by atoms with Crippen LogP contribution in [-0.4, -0.2) is 60.7 Å². The van der Waals surface area contributed by atoms with Crippen molar-refractivity contribution in [1.29, 1.82) is 0 Å². The number of morpholine rings is 1. The van der Waals surface area contributed by atoms with E-state index in [0.29, 0.717) is 17.9 Å². The first-order valence-corrected chi connectivity index (χ1v) is 8.60. The van der Waals surface area contributed by atoms with E-state index < -0.39 is 0 Å². The lowest BCUT2D eigenvalue weighted by molar-refractivity contribution is -0.0129. The van der Waals surface area contributed by atoms with Crippen molar-refractivity contribution in [2.24, 2.45) is 0 Å². The molecule has 0 aromatic carbocycles. The molecule has 2 aliphatic heterocycles. The third-order valence-electron chi connectivity index (χ3n) is 4.45. The van der Waals surface area contributed by atoms with Gasteiger partial charge in [0.2, 0.25) is 0 Å². The molecular weight excluding hydrogens is 288 g/mol. The highest BCUT2D eigenvalue weighted by molar-refractivity contribution is 7.99. The quantitative estimate of drug-likeness (QED) is 0.914. The molecular formula is C15H22N2O3S. The lowest BCUT2D eigenvalue weighted by atomic mass is 9.95. The predicted octanol–water partition coefficient (Wildman–Crippen LogP) is 1.53. The SMILES string of the molecule is Cc1occc1C(=O)NCC1(N2CCOCC2)CCSC1. The second kappa shape index (κ2) is 6.42. The van der Waals surface area contributed by atoms with E-state index in [1.807, 2.05) is 18.7 Å². The van der Waals surface area contributed by atoms with E-state index in [9.17, 15) is 4.79 Å². The number of hydrogen-bond acceptors (Lipinski definition) is 5. The van der Waals surface area contributed by atoms with Gasteiger partial charge in [-0.2, -0.15) is 11.8 Å². The second-order valence-corrected chi connectivity index (χ2v) is 6.80. The lowest BCUT2D eigenvalue weighted by Gasteiger charge is -2.43. The summed E-state index contributed by atoms with van der Waals surface area (Å²) in [6.45, 7) is 6.02. The summed E-state index contributed by atoms with van der Waals surface area (Å²) in [6.07, 6.45) is 2.69. The van der Waals surface area contributed by atoms with Crippen molar-refractivity contribution in [1.82, 2.24) is 10.2 Å². The van der Waals surface area contributed by atoms with E-state index in [2.05, 4.69) is 10.2 Å². The minimum Gasteiger partial charge on any atom is -0.469 e. The molecule has 0 spiro atoms. The van der Waals surface area contributed by atoms with Crippen LogP contribution in [0.15, 0.2) is 16.7 Å². The van der Waals surface area contributed by atoms with Gasteiger partial charge in [0.1, 0.15) is 5.76 Å². The molecule has 1 atom stereocenters. The van der Waals surface area contributed by atoms with Gasteiger partial charge in [0.15, 0.2) is 0 Å². The lowest BCUT2D eigenvalue weighted by Crippen LogP contribution is -2.59. The third-order valence-corrected chi connectivity index (χ3v) is 5.68. The van der Waals surface area contributed by atoms with Crippen LogP contribution in [0, 0.1) is 6.92 Å². The monoisotopic (exact) mass is 310 g/mol. The molecule has 3 rings (SSSR count). The number of aryl methyl sites for hydroxylation is 1. The predicted molar refractivity (Wildman–Crippen MR) is 82.8 cm³/mol. The Morgan fingerprint density at radius 2 is 2.29 bits per heavy atom. The van der Waals surface area contributed by atoms with Gasteiger partial charge in [0, 0.05) is 30.9 Å². The Labute approximate surface area is 129 Å². The number of amides is 1. The maximum atomic E-state index is 12.3. The summed E-state index contributed by atoms with van der Waals surface area (Å²) in [5.74, 6) is 2.88.